The molecule has 0 bridgehead atoms. The van der Waals surface area contributed by atoms with Crippen molar-refractivity contribution in [3.05, 3.63) is 36.1 Å². The van der Waals surface area contributed by atoms with Gasteiger partial charge in [-0.25, -0.2) is 9.59 Å². The molecule has 0 saturated carbocycles. The molecule has 1 aromatic rings. The average molecular weight is 439 g/mol. The molecule has 0 spiro atoms. The fourth-order valence-corrected chi connectivity index (χ4v) is 3.06. The van der Waals surface area contributed by atoms with Gasteiger partial charge in [0.05, 0.1) is 31.5 Å². The Bertz CT molecular complexity index is 845. The van der Waals surface area contributed by atoms with Crippen LogP contribution in [0.2, 0.25) is 0 Å². The van der Waals surface area contributed by atoms with E-state index < -0.39 is 60.7 Å². The third-order valence-electron chi connectivity index (χ3n) is 4.49. The molecule has 0 unspecified atom stereocenters. The van der Waals surface area contributed by atoms with Gasteiger partial charge in [-0.05, 0) is 18.2 Å². The molecule has 31 heavy (non-hydrogen) atoms. The summed E-state index contributed by atoms with van der Waals surface area (Å²) in [6.45, 7) is 0.334. The number of carbonyl (C=O) groups is 3. The van der Waals surface area contributed by atoms with Crippen molar-refractivity contribution in [2.45, 2.75) is 37.3 Å². The Morgan fingerprint density at radius 2 is 1.87 bits per heavy atom. The van der Waals surface area contributed by atoms with Crippen LogP contribution in [-0.2, 0) is 14.3 Å². The van der Waals surface area contributed by atoms with E-state index in [1.165, 1.54) is 14.0 Å². The molecular formula is C19H25N3O9. The van der Waals surface area contributed by atoms with Crippen molar-refractivity contribution in [3.63, 3.8) is 0 Å². The number of benzene rings is 1. The topological polar surface area (TPSA) is 187 Å². The highest BCUT2D eigenvalue weighted by Gasteiger charge is 2.44. The zero-order valence-electron chi connectivity index (χ0n) is 16.8. The smallest absolute Gasteiger partial charge is 0.370 e. The maximum absolute atomic E-state index is 12.6. The Balaban J connectivity index is 2.32. The standard InChI is InChI=1S/C19H25N3O9/c1-9(24)20-15-11(22-19(29)21-10-5-3-4-6-13(10)30-2)7-14(18(27)28)31-17(15)16(26)12(25)8-23/h3-7,11-12,15-17,23,25-26H,8H2,1-2H3,(H,20,24)(H,27,28)(H2,21,22,29)/t11-,12+,15+,16+,17+/m0/s1. The van der Waals surface area contributed by atoms with Crippen LogP contribution in [0.1, 0.15) is 6.92 Å². The number of rotatable bonds is 8. The van der Waals surface area contributed by atoms with E-state index in [1.54, 1.807) is 24.3 Å². The number of aliphatic hydroxyl groups excluding tert-OH is 3. The summed E-state index contributed by atoms with van der Waals surface area (Å²) in [6.07, 6.45) is -3.89. The Labute approximate surface area is 177 Å². The van der Waals surface area contributed by atoms with Gasteiger partial charge in [0.2, 0.25) is 11.7 Å². The number of nitrogens with one attached hydrogen (secondary N) is 3. The summed E-state index contributed by atoms with van der Waals surface area (Å²) >= 11 is 0. The molecule has 7 N–H and O–H groups in total. The third kappa shape index (κ3) is 6.07. The number of hydrogen-bond acceptors (Lipinski definition) is 8. The number of aliphatic hydroxyl groups is 3. The Kier molecular flexibility index (Phi) is 8.19. The molecule has 5 atom stereocenters. The second kappa shape index (κ2) is 10.6. The number of carboxylic acid groups (broad SMARTS) is 1. The molecule has 3 amide bonds. The molecule has 2 rings (SSSR count). The fraction of sp³-hybridized carbons (Fsp3) is 0.421. The van der Waals surface area contributed by atoms with Crippen LogP contribution in [0.25, 0.3) is 0 Å². The van der Waals surface area contributed by atoms with Gasteiger partial charge in [-0.2, -0.15) is 0 Å². The van der Waals surface area contributed by atoms with Crippen LogP contribution >= 0.6 is 0 Å². The van der Waals surface area contributed by atoms with E-state index in [9.17, 15) is 29.7 Å². The maximum atomic E-state index is 12.6. The lowest BCUT2D eigenvalue weighted by Crippen LogP contribution is -2.63. The van der Waals surface area contributed by atoms with E-state index in [2.05, 4.69) is 16.0 Å². The van der Waals surface area contributed by atoms with Gasteiger partial charge in [-0.15, -0.1) is 0 Å². The van der Waals surface area contributed by atoms with E-state index >= 15 is 0 Å². The summed E-state index contributed by atoms with van der Waals surface area (Å²) in [5.74, 6) is -2.29. The molecule has 0 aliphatic carbocycles. The first kappa shape index (κ1) is 23.9. The monoisotopic (exact) mass is 439 g/mol. The molecule has 170 valence electrons. The lowest BCUT2D eigenvalue weighted by Gasteiger charge is -2.40. The first-order chi connectivity index (χ1) is 14.7. The van der Waals surface area contributed by atoms with Crippen LogP contribution in [0.5, 0.6) is 5.75 Å². The molecular weight excluding hydrogens is 414 g/mol. The molecule has 12 heteroatoms. The number of amides is 3. The summed E-state index contributed by atoms with van der Waals surface area (Å²) in [7, 11) is 1.42. The number of ether oxygens (including phenoxy) is 2. The summed E-state index contributed by atoms with van der Waals surface area (Å²) < 4.78 is 10.4. The van der Waals surface area contributed by atoms with Crippen LogP contribution in [0.4, 0.5) is 10.5 Å². The van der Waals surface area contributed by atoms with Gasteiger partial charge < -0.3 is 45.9 Å². The van der Waals surface area contributed by atoms with Crippen LogP contribution in [0.15, 0.2) is 36.1 Å². The van der Waals surface area contributed by atoms with Crippen LogP contribution in [-0.4, -0.2) is 82.4 Å². The molecule has 0 saturated heterocycles. The van der Waals surface area contributed by atoms with Gasteiger partial charge >= 0.3 is 12.0 Å². The molecule has 1 aliphatic heterocycles. The fourth-order valence-electron chi connectivity index (χ4n) is 3.06. The lowest BCUT2D eigenvalue weighted by molar-refractivity contribution is -0.146. The Morgan fingerprint density at radius 3 is 2.45 bits per heavy atom. The van der Waals surface area contributed by atoms with Gasteiger partial charge in [-0.3, -0.25) is 4.79 Å². The largest absolute Gasteiger partial charge is 0.495 e. The SMILES string of the molecule is COc1ccccc1NC(=O)N[C@H]1C=C(C(=O)O)O[C@@H]([C@H](O)[C@H](O)CO)[C@@H]1NC(C)=O. The van der Waals surface area contributed by atoms with Crippen molar-refractivity contribution in [2.24, 2.45) is 0 Å². The summed E-state index contributed by atoms with van der Waals surface area (Å²) in [5.41, 5.74) is 0.334. The van der Waals surface area contributed by atoms with E-state index in [1.807, 2.05) is 0 Å². The van der Waals surface area contributed by atoms with Crippen molar-refractivity contribution in [1.82, 2.24) is 10.6 Å². The van der Waals surface area contributed by atoms with Crippen molar-refractivity contribution < 1.29 is 44.3 Å². The van der Waals surface area contributed by atoms with Gasteiger partial charge in [0, 0.05) is 6.92 Å². The zero-order chi connectivity index (χ0) is 23.1. The number of hydrogen-bond donors (Lipinski definition) is 7. The summed E-state index contributed by atoms with van der Waals surface area (Å²) in [6, 6.07) is 3.49. The highest BCUT2D eigenvalue weighted by Crippen LogP contribution is 2.25. The van der Waals surface area contributed by atoms with E-state index in [0.717, 1.165) is 6.08 Å². The minimum Gasteiger partial charge on any atom is -0.495 e. The van der Waals surface area contributed by atoms with E-state index in [0.29, 0.717) is 11.4 Å². The number of urea groups is 1. The predicted molar refractivity (Wildman–Crippen MR) is 106 cm³/mol. The molecule has 1 heterocycles. The first-order valence-corrected chi connectivity index (χ1v) is 9.24. The van der Waals surface area contributed by atoms with Gasteiger partial charge in [0.1, 0.15) is 24.1 Å². The number of para-hydroxylation sites is 2. The predicted octanol–water partition coefficient (Wildman–Crippen LogP) is -1.23. The van der Waals surface area contributed by atoms with Gasteiger partial charge in [0.25, 0.3) is 0 Å². The molecule has 0 aromatic heterocycles. The minimum atomic E-state index is -1.77. The normalized spacial score (nSPS) is 22.2. The second-order valence-corrected chi connectivity index (χ2v) is 6.71. The van der Waals surface area contributed by atoms with Gasteiger partial charge in [-0.1, -0.05) is 12.1 Å². The summed E-state index contributed by atoms with van der Waals surface area (Å²) in [4.78, 5) is 35.7. The quantitative estimate of drug-likeness (QED) is 0.260. The number of anilines is 1. The van der Waals surface area contributed by atoms with E-state index in [4.69, 9.17) is 14.6 Å². The Morgan fingerprint density at radius 1 is 1.19 bits per heavy atom. The molecule has 12 nitrogen and oxygen atoms in total. The van der Waals surface area contributed by atoms with Crippen LogP contribution < -0.4 is 20.7 Å². The second-order valence-electron chi connectivity index (χ2n) is 6.71. The molecule has 0 fully saturated rings. The summed E-state index contributed by atoms with van der Waals surface area (Å²) in [5, 5.41) is 46.1. The number of carboxylic acids is 1. The Hall–Kier alpha value is -3.35. The van der Waals surface area contributed by atoms with Crippen molar-refractivity contribution in [3.8, 4) is 5.75 Å². The zero-order valence-corrected chi connectivity index (χ0v) is 16.8. The average Bonchev–Trinajstić information content (AvgIpc) is 2.73. The highest BCUT2D eigenvalue weighted by atomic mass is 16.5. The lowest BCUT2D eigenvalue weighted by atomic mass is 9.92. The van der Waals surface area contributed by atoms with Crippen molar-refractivity contribution >= 4 is 23.6 Å². The minimum absolute atomic E-state index is 0.334. The molecule has 1 aliphatic rings. The van der Waals surface area contributed by atoms with Crippen molar-refractivity contribution in [1.29, 1.82) is 0 Å². The number of aliphatic carboxylic acids is 1. The maximum Gasteiger partial charge on any atom is 0.370 e. The van der Waals surface area contributed by atoms with Crippen molar-refractivity contribution in [2.75, 3.05) is 19.0 Å². The van der Waals surface area contributed by atoms with Gasteiger partial charge in [0.15, 0.2) is 0 Å². The van der Waals surface area contributed by atoms with E-state index in [-0.39, 0.29) is 0 Å². The van der Waals surface area contributed by atoms with Crippen LogP contribution in [0.3, 0.4) is 0 Å². The number of carbonyl (C=O) groups excluding carboxylic acids is 2. The third-order valence-corrected chi connectivity index (χ3v) is 4.49. The number of methoxy groups -OCH3 is 1. The van der Waals surface area contributed by atoms with Crippen LogP contribution in [0, 0.1) is 0 Å². The first-order valence-electron chi connectivity index (χ1n) is 9.24. The molecule has 0 radical (unpaired) electrons. The molecule has 1 aromatic carbocycles. The highest BCUT2D eigenvalue weighted by molar-refractivity contribution is 5.91.